The van der Waals surface area contributed by atoms with E-state index < -0.39 is 18.0 Å². The topological polar surface area (TPSA) is 41.6 Å². The van der Waals surface area contributed by atoms with Crippen LogP contribution in [0.25, 0.3) is 0 Å². The number of methoxy groups -OCH3 is 1. The maximum absolute atomic E-state index is 13.3. The molecule has 1 aliphatic rings. The van der Waals surface area contributed by atoms with Gasteiger partial charge in [-0.2, -0.15) is 13.2 Å². The lowest BCUT2D eigenvalue weighted by atomic mass is 9.98. The second-order valence-electron chi connectivity index (χ2n) is 5.97. The molecule has 1 aromatic carbocycles. The lowest BCUT2D eigenvalue weighted by Gasteiger charge is -2.38. The number of likely N-dealkylation sites (tertiary alicyclic amines) is 1. The van der Waals surface area contributed by atoms with Crippen LogP contribution in [0.4, 0.5) is 17.6 Å². The Morgan fingerprint density at radius 3 is 2.67 bits per heavy atom. The van der Waals surface area contributed by atoms with Crippen LogP contribution in [0.2, 0.25) is 0 Å². The molecule has 4 nitrogen and oxygen atoms in total. The molecule has 1 amide bonds. The van der Waals surface area contributed by atoms with E-state index in [1.807, 2.05) is 0 Å². The van der Waals surface area contributed by atoms with E-state index in [1.54, 1.807) is 0 Å². The van der Waals surface area contributed by atoms with Crippen LogP contribution in [0.15, 0.2) is 18.2 Å². The number of hydrogen-bond acceptors (Lipinski definition) is 3. The molecule has 2 unspecified atom stereocenters. The van der Waals surface area contributed by atoms with E-state index in [9.17, 15) is 22.4 Å². The van der Waals surface area contributed by atoms with Crippen LogP contribution in [0.3, 0.4) is 0 Å². The monoisotopic (exact) mass is 348 g/mol. The van der Waals surface area contributed by atoms with E-state index in [4.69, 9.17) is 4.74 Å². The van der Waals surface area contributed by atoms with E-state index in [1.165, 1.54) is 37.3 Å². The van der Waals surface area contributed by atoms with E-state index in [-0.39, 0.29) is 37.8 Å². The Hall–Kier alpha value is -1.83. The minimum atomic E-state index is -4.27. The Balaban J connectivity index is 1.93. The fourth-order valence-corrected chi connectivity index (χ4v) is 3.01. The van der Waals surface area contributed by atoms with Crippen LogP contribution in [0.5, 0.6) is 5.75 Å². The molecule has 1 fully saturated rings. The minimum absolute atomic E-state index is 0.0613. The number of benzene rings is 1. The average Bonchev–Trinajstić information content (AvgIpc) is 2.46. The van der Waals surface area contributed by atoms with E-state index in [0.29, 0.717) is 11.3 Å². The number of halogens is 4. The minimum Gasteiger partial charge on any atom is -0.496 e. The third-order valence-electron chi connectivity index (χ3n) is 4.17. The molecule has 134 valence electrons. The number of nitrogens with zero attached hydrogens (tertiary/aromatic N) is 1. The zero-order valence-corrected chi connectivity index (χ0v) is 13.5. The van der Waals surface area contributed by atoms with Gasteiger partial charge in [0.25, 0.3) is 0 Å². The first-order chi connectivity index (χ1) is 11.2. The number of carbonyl (C=O) groups is 1. The van der Waals surface area contributed by atoms with Gasteiger partial charge >= 0.3 is 6.18 Å². The van der Waals surface area contributed by atoms with Gasteiger partial charge in [0.05, 0.1) is 13.5 Å². The molecule has 0 radical (unpaired) electrons. The first-order valence-corrected chi connectivity index (χ1v) is 7.59. The molecule has 1 saturated heterocycles. The van der Waals surface area contributed by atoms with Crippen molar-refractivity contribution in [1.29, 1.82) is 0 Å². The summed E-state index contributed by atoms with van der Waals surface area (Å²) in [7, 11) is 2.81. The number of nitrogens with one attached hydrogen (secondary N) is 1. The summed E-state index contributed by atoms with van der Waals surface area (Å²) in [5.74, 6) is -0.462. The van der Waals surface area contributed by atoms with Crippen molar-refractivity contribution in [1.82, 2.24) is 10.2 Å². The zero-order valence-electron chi connectivity index (χ0n) is 13.5. The summed E-state index contributed by atoms with van der Waals surface area (Å²) in [6.07, 6.45) is -4.17. The molecular formula is C16H20F4N2O2. The largest absolute Gasteiger partial charge is 0.496 e. The Kier molecular flexibility index (Phi) is 5.69. The predicted molar refractivity (Wildman–Crippen MR) is 80.3 cm³/mol. The Labute approximate surface area is 137 Å². The van der Waals surface area contributed by atoms with Gasteiger partial charge < -0.3 is 10.1 Å². The number of carbonyl (C=O) groups excluding carboxylic acids is 1. The van der Waals surface area contributed by atoms with Gasteiger partial charge in [-0.25, -0.2) is 4.39 Å². The third kappa shape index (κ3) is 4.59. The maximum Gasteiger partial charge on any atom is 0.404 e. The van der Waals surface area contributed by atoms with Gasteiger partial charge in [0.2, 0.25) is 5.91 Å². The summed E-state index contributed by atoms with van der Waals surface area (Å²) < 4.78 is 56.8. The highest BCUT2D eigenvalue weighted by Gasteiger charge is 2.44. The van der Waals surface area contributed by atoms with Gasteiger partial charge in [-0.1, -0.05) is 0 Å². The number of alkyl halides is 3. The average molecular weight is 348 g/mol. The van der Waals surface area contributed by atoms with Gasteiger partial charge in [-0.15, -0.1) is 0 Å². The highest BCUT2D eigenvalue weighted by Crippen LogP contribution is 2.31. The van der Waals surface area contributed by atoms with Gasteiger partial charge in [0.1, 0.15) is 17.6 Å². The molecule has 0 bridgehead atoms. The Morgan fingerprint density at radius 1 is 1.38 bits per heavy atom. The van der Waals surface area contributed by atoms with Crippen LogP contribution >= 0.6 is 0 Å². The summed E-state index contributed by atoms with van der Waals surface area (Å²) in [6, 6.07) is 2.04. The molecule has 1 aliphatic heterocycles. The molecule has 2 atom stereocenters. The highest BCUT2D eigenvalue weighted by molar-refractivity contribution is 5.79. The standard InChI is InChI=1S/C16H20F4N2O2/c1-22-9-12(4-6-14(22)16(18,19)20)21-15(23)8-10-7-11(17)3-5-13(10)24-2/h3,5,7,12,14H,4,6,8-9H2,1-2H3,(H,21,23). The first kappa shape index (κ1) is 18.5. The summed E-state index contributed by atoms with van der Waals surface area (Å²) in [5.41, 5.74) is 0.396. The molecule has 0 saturated carbocycles. The van der Waals surface area contributed by atoms with Crippen molar-refractivity contribution in [2.45, 2.75) is 37.5 Å². The van der Waals surface area contributed by atoms with Crippen molar-refractivity contribution in [3.63, 3.8) is 0 Å². The van der Waals surface area contributed by atoms with Crippen molar-refractivity contribution in [3.8, 4) is 5.75 Å². The molecule has 0 aliphatic carbocycles. The predicted octanol–water partition coefficient (Wildman–Crippen LogP) is 2.52. The van der Waals surface area contributed by atoms with Crippen LogP contribution in [-0.4, -0.2) is 49.8 Å². The zero-order chi connectivity index (χ0) is 17.9. The smallest absolute Gasteiger partial charge is 0.404 e. The van der Waals surface area contributed by atoms with Crippen LogP contribution < -0.4 is 10.1 Å². The van der Waals surface area contributed by atoms with E-state index >= 15 is 0 Å². The molecule has 1 heterocycles. The molecule has 8 heteroatoms. The van der Waals surface area contributed by atoms with Crippen molar-refractivity contribution >= 4 is 5.91 Å². The number of hydrogen-bond donors (Lipinski definition) is 1. The van der Waals surface area contributed by atoms with Gasteiger partial charge in [0.15, 0.2) is 0 Å². The lowest BCUT2D eigenvalue weighted by molar-refractivity contribution is -0.188. The fraction of sp³-hybridized carbons (Fsp3) is 0.562. The van der Waals surface area contributed by atoms with E-state index in [0.717, 1.165) is 0 Å². The highest BCUT2D eigenvalue weighted by atomic mass is 19.4. The molecule has 0 aromatic heterocycles. The molecule has 2 rings (SSSR count). The molecular weight excluding hydrogens is 328 g/mol. The molecule has 0 spiro atoms. The second-order valence-corrected chi connectivity index (χ2v) is 5.97. The fourth-order valence-electron chi connectivity index (χ4n) is 3.01. The summed E-state index contributed by atoms with van der Waals surface area (Å²) in [4.78, 5) is 13.3. The number of rotatable bonds is 4. The van der Waals surface area contributed by atoms with Crippen molar-refractivity contribution in [2.75, 3.05) is 20.7 Å². The van der Waals surface area contributed by atoms with Gasteiger partial charge in [0, 0.05) is 18.2 Å². The number of amides is 1. The molecule has 24 heavy (non-hydrogen) atoms. The van der Waals surface area contributed by atoms with Gasteiger partial charge in [-0.3, -0.25) is 9.69 Å². The van der Waals surface area contributed by atoms with Crippen LogP contribution in [-0.2, 0) is 11.2 Å². The van der Waals surface area contributed by atoms with Crippen molar-refractivity contribution < 1.29 is 27.1 Å². The quantitative estimate of drug-likeness (QED) is 0.851. The van der Waals surface area contributed by atoms with E-state index in [2.05, 4.69) is 5.32 Å². The number of likely N-dealkylation sites (N-methyl/N-ethyl adjacent to an activating group) is 1. The summed E-state index contributed by atoms with van der Waals surface area (Å²) in [6.45, 7) is 0.121. The molecule has 1 aromatic rings. The lowest BCUT2D eigenvalue weighted by Crippen LogP contribution is -2.54. The second kappa shape index (κ2) is 7.38. The Morgan fingerprint density at radius 2 is 2.08 bits per heavy atom. The van der Waals surface area contributed by atoms with Crippen LogP contribution in [0.1, 0.15) is 18.4 Å². The Bertz CT molecular complexity index is 592. The summed E-state index contributed by atoms with van der Waals surface area (Å²) >= 11 is 0. The SMILES string of the molecule is COc1ccc(F)cc1CC(=O)NC1CCC(C(F)(F)F)N(C)C1. The number of piperidine rings is 1. The molecule has 1 N–H and O–H groups in total. The maximum atomic E-state index is 13.3. The summed E-state index contributed by atoms with van der Waals surface area (Å²) in [5, 5.41) is 2.71. The van der Waals surface area contributed by atoms with Crippen LogP contribution in [0, 0.1) is 5.82 Å². The van der Waals surface area contributed by atoms with Crippen molar-refractivity contribution in [2.24, 2.45) is 0 Å². The first-order valence-electron chi connectivity index (χ1n) is 7.59. The third-order valence-corrected chi connectivity index (χ3v) is 4.17. The number of ether oxygens (including phenoxy) is 1. The van der Waals surface area contributed by atoms with Gasteiger partial charge in [-0.05, 0) is 38.1 Å². The van der Waals surface area contributed by atoms with Crippen molar-refractivity contribution in [3.05, 3.63) is 29.6 Å². The normalized spacial score (nSPS) is 22.2.